The number of hydrogen-bond acceptors (Lipinski definition) is 7. The van der Waals surface area contributed by atoms with Crippen LogP contribution in [0.3, 0.4) is 0 Å². The number of fused-ring (bicyclic) bond motifs is 4. The number of nitrogens with zero attached hydrogens (tertiary/aromatic N) is 2. The summed E-state index contributed by atoms with van der Waals surface area (Å²) in [6.45, 7) is 0.191. The first-order valence-electron chi connectivity index (χ1n) is 15.7. The number of hydrogen-bond donors (Lipinski definition) is 2. The molecule has 3 aromatic carbocycles. The van der Waals surface area contributed by atoms with Crippen molar-refractivity contribution in [3.05, 3.63) is 129 Å². The Labute approximate surface area is 284 Å². The van der Waals surface area contributed by atoms with Crippen LogP contribution in [0.15, 0.2) is 102 Å². The van der Waals surface area contributed by atoms with Gasteiger partial charge in [-0.05, 0) is 89.9 Å². The number of rotatable bonds is 6. The van der Waals surface area contributed by atoms with Crippen molar-refractivity contribution in [2.45, 2.75) is 30.7 Å². The number of carbonyl (C=O) groups is 4. The van der Waals surface area contributed by atoms with Crippen LogP contribution in [0, 0.1) is 29.5 Å². The van der Waals surface area contributed by atoms with E-state index in [2.05, 4.69) is 5.43 Å². The molecular formula is C37H29ClFN3O5S. The van der Waals surface area contributed by atoms with Crippen LogP contribution in [0.5, 0.6) is 5.75 Å². The molecule has 2 aliphatic carbocycles. The number of benzene rings is 3. The normalized spacial score (nSPS) is 27.9. The first-order chi connectivity index (χ1) is 23.2. The number of likely N-dealkylation sites (tertiary alicyclic amines) is 1. The predicted molar refractivity (Wildman–Crippen MR) is 177 cm³/mol. The minimum atomic E-state index is -1.47. The molecular weight excluding hydrogens is 653 g/mol. The summed E-state index contributed by atoms with van der Waals surface area (Å²) in [5, 5.41) is 13.6. The smallest absolute Gasteiger partial charge is 0.260 e. The van der Waals surface area contributed by atoms with Gasteiger partial charge in [-0.1, -0.05) is 53.6 Å². The lowest BCUT2D eigenvalue weighted by Crippen LogP contribution is -2.53. The molecule has 11 heteroatoms. The van der Waals surface area contributed by atoms with Gasteiger partial charge in [0.1, 0.15) is 11.6 Å². The van der Waals surface area contributed by atoms with Gasteiger partial charge < -0.3 is 5.11 Å². The maximum Gasteiger partial charge on any atom is 0.260 e. The van der Waals surface area contributed by atoms with E-state index >= 15 is 4.79 Å². The number of carbonyl (C=O) groups excluding carboxylic acids is 4. The summed E-state index contributed by atoms with van der Waals surface area (Å²) in [5.74, 6) is -5.34. The number of phenolic OH excluding ortho intramolecular Hbond substituents is 1. The number of nitrogens with one attached hydrogen (secondary N) is 1. The molecule has 1 aromatic heterocycles. The zero-order chi connectivity index (χ0) is 33.3. The maximum absolute atomic E-state index is 15.1. The lowest BCUT2D eigenvalue weighted by Gasteiger charge is -2.50. The standard InChI is InChI=1S/C37H29ClFN3O5S/c38-22-7-5-21(6-8-22)37-30(34(45)42(36(37)47)40-24-11-9-23(39)10-12-24)18-29-27(32(37)20-3-13-25(43)14-4-20)15-16-28-31(29)35(46)41(33(28)44)19-26-2-1-17-48-26/h1-15,17,28-32,40,43H,16,18-19H2. The molecule has 6 atom stereocenters. The number of thiophene rings is 1. The van der Waals surface area contributed by atoms with Crippen LogP contribution in [-0.4, -0.2) is 38.6 Å². The van der Waals surface area contributed by atoms with Gasteiger partial charge in [-0.15, -0.1) is 11.3 Å². The van der Waals surface area contributed by atoms with Gasteiger partial charge in [0.05, 0.1) is 35.4 Å². The van der Waals surface area contributed by atoms with Crippen LogP contribution in [0.2, 0.25) is 5.02 Å². The third-order valence-corrected chi connectivity index (χ3v) is 11.6. The quantitative estimate of drug-likeness (QED) is 0.180. The van der Waals surface area contributed by atoms with E-state index in [1.54, 1.807) is 48.5 Å². The van der Waals surface area contributed by atoms with Gasteiger partial charge in [0.2, 0.25) is 11.8 Å². The second-order valence-corrected chi connectivity index (χ2v) is 14.3. The van der Waals surface area contributed by atoms with Gasteiger partial charge in [-0.3, -0.25) is 29.5 Å². The van der Waals surface area contributed by atoms with Crippen molar-refractivity contribution < 1.29 is 28.7 Å². The highest BCUT2D eigenvalue weighted by Gasteiger charge is 2.70. The van der Waals surface area contributed by atoms with Crippen molar-refractivity contribution in [3.63, 3.8) is 0 Å². The third-order valence-electron chi connectivity index (χ3n) is 10.5. The van der Waals surface area contributed by atoms with Gasteiger partial charge in [0, 0.05) is 15.8 Å². The summed E-state index contributed by atoms with van der Waals surface area (Å²) >= 11 is 7.80. The summed E-state index contributed by atoms with van der Waals surface area (Å²) < 4.78 is 13.8. The Morgan fingerprint density at radius 3 is 2.31 bits per heavy atom. The summed E-state index contributed by atoms with van der Waals surface area (Å²) in [7, 11) is 0. The molecule has 0 spiro atoms. The molecule has 3 fully saturated rings. The molecule has 2 saturated heterocycles. The average Bonchev–Trinajstić information content (AvgIpc) is 3.75. The Balaban J connectivity index is 1.30. The lowest BCUT2D eigenvalue weighted by molar-refractivity contribution is -0.141. The van der Waals surface area contributed by atoms with E-state index in [1.165, 1.54) is 40.5 Å². The molecule has 0 radical (unpaired) electrons. The van der Waals surface area contributed by atoms with E-state index in [-0.39, 0.29) is 30.5 Å². The second-order valence-electron chi connectivity index (χ2n) is 12.8. The fourth-order valence-corrected chi connectivity index (χ4v) is 9.30. The maximum atomic E-state index is 15.1. The van der Waals surface area contributed by atoms with Crippen molar-refractivity contribution in [3.8, 4) is 5.75 Å². The Morgan fingerprint density at radius 1 is 0.896 bits per heavy atom. The van der Waals surface area contributed by atoms with E-state index in [4.69, 9.17) is 11.6 Å². The van der Waals surface area contributed by atoms with Crippen LogP contribution in [0.1, 0.15) is 34.8 Å². The predicted octanol–water partition coefficient (Wildman–Crippen LogP) is 6.43. The highest BCUT2D eigenvalue weighted by molar-refractivity contribution is 7.09. The number of anilines is 1. The van der Waals surface area contributed by atoms with Gasteiger partial charge in [-0.25, -0.2) is 4.39 Å². The molecule has 2 aliphatic heterocycles. The summed E-state index contributed by atoms with van der Waals surface area (Å²) in [5.41, 5.74) is 3.89. The highest BCUT2D eigenvalue weighted by atomic mass is 35.5. The molecule has 1 saturated carbocycles. The van der Waals surface area contributed by atoms with Crippen molar-refractivity contribution in [1.29, 1.82) is 0 Å². The van der Waals surface area contributed by atoms with Gasteiger partial charge >= 0.3 is 0 Å². The molecule has 4 amide bonds. The van der Waals surface area contributed by atoms with Crippen LogP contribution in [0.4, 0.5) is 10.1 Å². The number of hydrazine groups is 1. The Bertz CT molecular complexity index is 1980. The Morgan fingerprint density at radius 2 is 1.62 bits per heavy atom. The zero-order valence-electron chi connectivity index (χ0n) is 25.4. The fraction of sp³-hybridized carbons (Fsp3) is 0.243. The third kappa shape index (κ3) is 4.53. The van der Waals surface area contributed by atoms with Gasteiger partial charge in [-0.2, -0.15) is 5.01 Å². The van der Waals surface area contributed by atoms with E-state index in [1.807, 2.05) is 23.6 Å². The molecule has 0 bridgehead atoms. The number of amides is 4. The molecule has 8 nitrogen and oxygen atoms in total. The molecule has 4 aromatic rings. The number of allylic oxidation sites excluding steroid dienone is 2. The SMILES string of the molecule is O=C1C2CC=C3C(CC4C(=O)N(Nc5ccc(F)cc5)C(=O)C4(c4ccc(Cl)cc4)C3c3ccc(O)cc3)C2C(=O)N1Cc1cccs1. The lowest BCUT2D eigenvalue weighted by atomic mass is 9.49. The summed E-state index contributed by atoms with van der Waals surface area (Å²) in [4.78, 5) is 59.9. The first-order valence-corrected chi connectivity index (χ1v) is 17.0. The van der Waals surface area contributed by atoms with Crippen molar-refractivity contribution in [1.82, 2.24) is 9.91 Å². The number of halogens is 2. The van der Waals surface area contributed by atoms with Crippen molar-refractivity contribution in [2.24, 2.45) is 23.7 Å². The molecule has 242 valence electrons. The largest absolute Gasteiger partial charge is 0.508 e. The zero-order valence-corrected chi connectivity index (χ0v) is 27.0. The van der Waals surface area contributed by atoms with Gasteiger partial charge in [0.25, 0.3) is 11.8 Å². The minimum Gasteiger partial charge on any atom is -0.508 e. The van der Waals surface area contributed by atoms with E-state index in [0.29, 0.717) is 28.3 Å². The molecule has 8 rings (SSSR count). The number of phenols is 1. The Kier molecular flexibility index (Phi) is 7.26. The van der Waals surface area contributed by atoms with Crippen molar-refractivity contribution in [2.75, 3.05) is 5.43 Å². The topological polar surface area (TPSA) is 107 Å². The van der Waals surface area contributed by atoms with E-state index in [9.17, 15) is 23.9 Å². The molecule has 6 unspecified atom stereocenters. The monoisotopic (exact) mass is 681 g/mol. The van der Waals surface area contributed by atoms with Crippen molar-refractivity contribution >= 4 is 52.3 Å². The molecule has 48 heavy (non-hydrogen) atoms. The van der Waals surface area contributed by atoms with Crippen LogP contribution < -0.4 is 5.43 Å². The second kappa shape index (κ2) is 11.4. The first kappa shape index (κ1) is 30.5. The van der Waals surface area contributed by atoms with Crippen LogP contribution >= 0.6 is 22.9 Å². The summed E-state index contributed by atoms with van der Waals surface area (Å²) in [6.07, 6.45) is 2.46. The molecule has 2 N–H and O–H groups in total. The van der Waals surface area contributed by atoms with E-state index in [0.717, 1.165) is 15.5 Å². The minimum absolute atomic E-state index is 0.0371. The highest BCUT2D eigenvalue weighted by Crippen LogP contribution is 2.64. The summed E-state index contributed by atoms with van der Waals surface area (Å²) in [6, 6.07) is 22.6. The van der Waals surface area contributed by atoms with E-state index < -0.39 is 52.6 Å². The molecule has 3 heterocycles. The fourth-order valence-electron chi connectivity index (χ4n) is 8.48. The number of aromatic hydroxyl groups is 1. The Hall–Kier alpha value is -4.80. The van der Waals surface area contributed by atoms with Crippen LogP contribution in [0.25, 0.3) is 0 Å². The van der Waals surface area contributed by atoms with Gasteiger partial charge in [0.15, 0.2) is 0 Å². The van der Waals surface area contributed by atoms with Crippen LogP contribution in [-0.2, 0) is 31.1 Å². The average molecular weight is 682 g/mol. The molecule has 4 aliphatic rings. The number of imide groups is 2.